The summed E-state index contributed by atoms with van der Waals surface area (Å²) in [6.45, 7) is 2.12. The maximum atomic E-state index is 5.33. The van der Waals surface area contributed by atoms with Crippen LogP contribution in [-0.2, 0) is 6.42 Å². The Hall–Kier alpha value is -0.900. The summed E-state index contributed by atoms with van der Waals surface area (Å²) >= 11 is 0. The lowest BCUT2D eigenvalue weighted by atomic mass is 10.00. The molecule has 1 saturated heterocycles. The third-order valence-corrected chi connectivity index (χ3v) is 3.30. The Balaban J connectivity index is 1.65. The van der Waals surface area contributed by atoms with Gasteiger partial charge < -0.3 is 9.84 Å². The normalized spacial score (nSPS) is 26.8. The van der Waals surface area contributed by atoms with Gasteiger partial charge in [0.15, 0.2) is 5.82 Å². The molecule has 4 heteroatoms. The largest absolute Gasteiger partial charge is 0.339 e. The average Bonchev–Trinajstić information content (AvgIpc) is 2.96. The number of hydrogen-bond acceptors (Lipinski definition) is 4. The standard InChI is InChI=1S/C11H17N3O/c1-2-9(7-12-5-1)11-13-10(14-15-11)6-8-3-4-8/h8-9,12H,1-7H2. The Labute approximate surface area is 89.4 Å². The monoisotopic (exact) mass is 207 g/mol. The minimum Gasteiger partial charge on any atom is -0.339 e. The summed E-state index contributed by atoms with van der Waals surface area (Å²) in [4.78, 5) is 4.50. The van der Waals surface area contributed by atoms with E-state index in [1.54, 1.807) is 0 Å². The molecule has 0 radical (unpaired) electrons. The number of nitrogens with zero attached hydrogens (tertiary/aromatic N) is 2. The predicted octanol–water partition coefficient (Wildman–Crippen LogP) is 1.49. The van der Waals surface area contributed by atoms with Gasteiger partial charge in [-0.25, -0.2) is 0 Å². The maximum absolute atomic E-state index is 5.33. The van der Waals surface area contributed by atoms with Crippen LogP contribution in [0, 0.1) is 5.92 Å². The molecule has 1 aromatic heterocycles. The summed E-state index contributed by atoms with van der Waals surface area (Å²) in [5.41, 5.74) is 0. The van der Waals surface area contributed by atoms with E-state index in [0.717, 1.165) is 37.1 Å². The molecule has 15 heavy (non-hydrogen) atoms. The van der Waals surface area contributed by atoms with Crippen LogP contribution in [0.5, 0.6) is 0 Å². The molecule has 3 rings (SSSR count). The van der Waals surface area contributed by atoms with Gasteiger partial charge in [0.2, 0.25) is 5.89 Å². The van der Waals surface area contributed by atoms with Crippen molar-refractivity contribution in [2.24, 2.45) is 5.92 Å². The lowest BCUT2D eigenvalue weighted by Gasteiger charge is -2.18. The van der Waals surface area contributed by atoms with Crippen molar-refractivity contribution in [3.63, 3.8) is 0 Å². The molecule has 4 nitrogen and oxygen atoms in total. The number of nitrogens with one attached hydrogen (secondary N) is 1. The molecule has 1 aliphatic carbocycles. The zero-order chi connectivity index (χ0) is 10.1. The fourth-order valence-corrected chi connectivity index (χ4v) is 2.16. The average molecular weight is 207 g/mol. The molecule has 0 amide bonds. The number of rotatable bonds is 3. The first-order valence-electron chi connectivity index (χ1n) is 5.95. The van der Waals surface area contributed by atoms with Gasteiger partial charge >= 0.3 is 0 Å². The second kappa shape index (κ2) is 3.93. The summed E-state index contributed by atoms with van der Waals surface area (Å²) in [5, 5.41) is 7.43. The molecule has 2 aliphatic rings. The van der Waals surface area contributed by atoms with E-state index in [4.69, 9.17) is 4.52 Å². The molecule has 0 bridgehead atoms. The van der Waals surface area contributed by atoms with Gasteiger partial charge in [0.25, 0.3) is 0 Å². The van der Waals surface area contributed by atoms with Crippen molar-refractivity contribution >= 4 is 0 Å². The van der Waals surface area contributed by atoms with Crippen LogP contribution in [0.25, 0.3) is 0 Å². The molecule has 1 N–H and O–H groups in total. The Morgan fingerprint density at radius 3 is 3.00 bits per heavy atom. The third kappa shape index (κ3) is 2.20. The molecule has 2 heterocycles. The minimum atomic E-state index is 0.444. The van der Waals surface area contributed by atoms with Crippen LogP contribution in [-0.4, -0.2) is 23.2 Å². The van der Waals surface area contributed by atoms with Crippen molar-refractivity contribution in [3.05, 3.63) is 11.7 Å². The first-order valence-corrected chi connectivity index (χ1v) is 5.95. The molecule has 1 aliphatic heterocycles. The van der Waals surface area contributed by atoms with E-state index in [9.17, 15) is 0 Å². The summed E-state index contributed by atoms with van der Waals surface area (Å²) in [7, 11) is 0. The summed E-state index contributed by atoms with van der Waals surface area (Å²) in [6.07, 6.45) is 6.09. The van der Waals surface area contributed by atoms with E-state index in [1.165, 1.54) is 25.7 Å². The highest BCUT2D eigenvalue weighted by molar-refractivity contribution is 4.98. The highest BCUT2D eigenvalue weighted by Gasteiger charge is 2.26. The van der Waals surface area contributed by atoms with Gasteiger partial charge in [-0.05, 0) is 38.1 Å². The maximum Gasteiger partial charge on any atom is 0.231 e. The Bertz CT molecular complexity index is 326. The van der Waals surface area contributed by atoms with Crippen LogP contribution in [0.15, 0.2) is 4.52 Å². The lowest BCUT2D eigenvalue weighted by molar-refractivity contribution is 0.320. The zero-order valence-corrected chi connectivity index (χ0v) is 8.91. The highest BCUT2D eigenvalue weighted by Crippen LogP contribution is 2.32. The van der Waals surface area contributed by atoms with Gasteiger partial charge in [-0.15, -0.1) is 0 Å². The van der Waals surface area contributed by atoms with Gasteiger partial charge in [-0.1, -0.05) is 5.16 Å². The second-order valence-electron chi connectivity index (χ2n) is 4.74. The van der Waals surface area contributed by atoms with E-state index in [1.807, 2.05) is 0 Å². The van der Waals surface area contributed by atoms with Crippen molar-refractivity contribution < 1.29 is 4.52 Å². The highest BCUT2D eigenvalue weighted by atomic mass is 16.5. The van der Waals surface area contributed by atoms with E-state index < -0.39 is 0 Å². The molecule has 1 atom stereocenters. The minimum absolute atomic E-state index is 0.444. The second-order valence-corrected chi connectivity index (χ2v) is 4.74. The van der Waals surface area contributed by atoms with Crippen molar-refractivity contribution in [2.75, 3.05) is 13.1 Å². The zero-order valence-electron chi connectivity index (χ0n) is 8.91. The summed E-state index contributed by atoms with van der Waals surface area (Å²) < 4.78 is 5.33. The van der Waals surface area contributed by atoms with Gasteiger partial charge in [-0.2, -0.15) is 4.98 Å². The van der Waals surface area contributed by atoms with Crippen LogP contribution < -0.4 is 5.32 Å². The number of piperidine rings is 1. The molecular formula is C11H17N3O. The first-order chi connectivity index (χ1) is 7.42. The number of hydrogen-bond donors (Lipinski definition) is 1. The predicted molar refractivity (Wildman–Crippen MR) is 55.6 cm³/mol. The van der Waals surface area contributed by atoms with Crippen molar-refractivity contribution in [1.29, 1.82) is 0 Å². The van der Waals surface area contributed by atoms with E-state index in [2.05, 4.69) is 15.5 Å². The van der Waals surface area contributed by atoms with Crippen LogP contribution in [0.2, 0.25) is 0 Å². The van der Waals surface area contributed by atoms with Gasteiger partial charge in [-0.3, -0.25) is 0 Å². The molecule has 0 spiro atoms. The fourth-order valence-electron chi connectivity index (χ4n) is 2.16. The van der Waals surface area contributed by atoms with Crippen LogP contribution in [0.4, 0.5) is 0 Å². The van der Waals surface area contributed by atoms with Gasteiger partial charge in [0.05, 0.1) is 5.92 Å². The van der Waals surface area contributed by atoms with E-state index in [-0.39, 0.29) is 0 Å². The van der Waals surface area contributed by atoms with Gasteiger partial charge in [0, 0.05) is 13.0 Å². The van der Waals surface area contributed by atoms with Crippen LogP contribution in [0.3, 0.4) is 0 Å². The van der Waals surface area contributed by atoms with Crippen molar-refractivity contribution in [3.8, 4) is 0 Å². The Kier molecular flexibility index (Phi) is 2.44. The molecule has 0 aromatic carbocycles. The van der Waals surface area contributed by atoms with Crippen molar-refractivity contribution in [1.82, 2.24) is 15.5 Å². The Morgan fingerprint density at radius 2 is 2.27 bits per heavy atom. The topological polar surface area (TPSA) is 51.0 Å². The Morgan fingerprint density at radius 1 is 1.33 bits per heavy atom. The molecule has 1 aromatic rings. The molecule has 1 saturated carbocycles. The summed E-state index contributed by atoms with van der Waals surface area (Å²) in [5.74, 6) is 3.04. The lowest BCUT2D eigenvalue weighted by Crippen LogP contribution is -2.28. The first kappa shape index (κ1) is 9.33. The van der Waals surface area contributed by atoms with Crippen LogP contribution >= 0.6 is 0 Å². The molecule has 2 fully saturated rings. The fraction of sp³-hybridized carbons (Fsp3) is 0.818. The van der Waals surface area contributed by atoms with Crippen LogP contribution in [0.1, 0.15) is 43.3 Å². The quantitative estimate of drug-likeness (QED) is 0.815. The number of aromatic nitrogens is 2. The molecule has 82 valence electrons. The van der Waals surface area contributed by atoms with Crippen molar-refractivity contribution in [2.45, 2.75) is 38.0 Å². The van der Waals surface area contributed by atoms with E-state index in [0.29, 0.717) is 5.92 Å². The van der Waals surface area contributed by atoms with E-state index >= 15 is 0 Å². The SMILES string of the molecule is C1CNCC(c2nc(CC3CC3)no2)C1. The van der Waals surface area contributed by atoms with Gasteiger partial charge in [0.1, 0.15) is 0 Å². The summed E-state index contributed by atoms with van der Waals surface area (Å²) in [6, 6.07) is 0. The molecule has 1 unspecified atom stereocenters. The smallest absolute Gasteiger partial charge is 0.231 e. The third-order valence-electron chi connectivity index (χ3n) is 3.30. The molecular weight excluding hydrogens is 190 g/mol.